The van der Waals surface area contributed by atoms with Crippen LogP contribution in [-0.4, -0.2) is 55.0 Å². The maximum absolute atomic E-state index is 12.5. The van der Waals surface area contributed by atoms with Crippen LogP contribution in [0.25, 0.3) is 0 Å². The predicted octanol–water partition coefficient (Wildman–Crippen LogP) is 1.50. The Labute approximate surface area is 127 Å². The molecule has 2 N–H and O–H groups in total. The second-order valence-electron chi connectivity index (χ2n) is 6.46. The van der Waals surface area contributed by atoms with Gasteiger partial charge >= 0.3 is 0 Å². The van der Waals surface area contributed by atoms with Gasteiger partial charge in [-0.15, -0.1) is 0 Å². The van der Waals surface area contributed by atoms with Gasteiger partial charge in [-0.3, -0.25) is 4.79 Å². The third kappa shape index (κ3) is 3.63. The summed E-state index contributed by atoms with van der Waals surface area (Å²) in [7, 11) is 6.07. The van der Waals surface area contributed by atoms with Crippen molar-refractivity contribution in [1.82, 2.24) is 9.80 Å². The van der Waals surface area contributed by atoms with E-state index < -0.39 is 6.04 Å². The number of rotatable bonds is 6. The molecule has 1 aliphatic carbocycles. The van der Waals surface area contributed by atoms with Crippen LogP contribution in [0.1, 0.15) is 24.8 Å². The second-order valence-corrected chi connectivity index (χ2v) is 6.46. The van der Waals surface area contributed by atoms with Gasteiger partial charge in [-0.05, 0) is 45.3 Å². The fraction of sp³-hybridized carbons (Fsp3) is 0.588. The van der Waals surface area contributed by atoms with Crippen LogP contribution in [0.4, 0.5) is 0 Å². The average Bonchev–Trinajstić information content (AvgIpc) is 2.42. The minimum Gasteiger partial charge on any atom is -0.343 e. The van der Waals surface area contributed by atoms with E-state index in [4.69, 9.17) is 5.73 Å². The minimum atomic E-state index is -0.461. The first-order valence-electron chi connectivity index (χ1n) is 7.66. The number of hydrogen-bond donors (Lipinski definition) is 1. The first kappa shape index (κ1) is 16.0. The number of carbonyl (C=O) groups is 1. The monoisotopic (exact) mass is 289 g/mol. The van der Waals surface area contributed by atoms with Crippen LogP contribution in [0, 0.1) is 0 Å². The predicted molar refractivity (Wildman–Crippen MR) is 86.0 cm³/mol. The van der Waals surface area contributed by atoms with Gasteiger partial charge in [-0.1, -0.05) is 30.3 Å². The van der Waals surface area contributed by atoms with E-state index in [1.807, 2.05) is 42.3 Å². The second kappa shape index (κ2) is 6.58. The fourth-order valence-electron chi connectivity index (χ4n) is 3.09. The third-order valence-corrected chi connectivity index (χ3v) is 4.76. The van der Waals surface area contributed by atoms with Gasteiger partial charge in [-0.2, -0.15) is 0 Å². The molecule has 1 atom stereocenters. The van der Waals surface area contributed by atoms with Crippen LogP contribution in [0.5, 0.6) is 0 Å². The molecule has 0 aliphatic heterocycles. The van der Waals surface area contributed by atoms with Gasteiger partial charge in [0, 0.05) is 19.1 Å². The highest BCUT2D eigenvalue weighted by Gasteiger charge is 2.41. The fourth-order valence-corrected chi connectivity index (χ4v) is 3.09. The van der Waals surface area contributed by atoms with Gasteiger partial charge in [0.25, 0.3) is 0 Å². The molecule has 4 heteroatoms. The Morgan fingerprint density at radius 3 is 2.33 bits per heavy atom. The number of amides is 1. The third-order valence-electron chi connectivity index (χ3n) is 4.76. The van der Waals surface area contributed by atoms with Crippen LogP contribution in [0.3, 0.4) is 0 Å². The molecule has 1 fully saturated rings. The van der Waals surface area contributed by atoms with Crippen molar-refractivity contribution in [1.29, 1.82) is 0 Å². The molecule has 0 aromatic heterocycles. The molecule has 1 unspecified atom stereocenters. The molecule has 1 saturated carbocycles. The Morgan fingerprint density at radius 2 is 1.86 bits per heavy atom. The van der Waals surface area contributed by atoms with Crippen LogP contribution < -0.4 is 5.73 Å². The van der Waals surface area contributed by atoms with E-state index in [0.29, 0.717) is 6.42 Å². The number of carbonyl (C=O) groups excluding carboxylic acids is 1. The van der Waals surface area contributed by atoms with Gasteiger partial charge in [0.2, 0.25) is 5.91 Å². The van der Waals surface area contributed by atoms with Crippen molar-refractivity contribution in [2.24, 2.45) is 5.73 Å². The SMILES string of the molecule is CN(CC1(N(C)C)CCC1)C(=O)C(N)Cc1ccccc1. The maximum Gasteiger partial charge on any atom is 0.239 e. The lowest BCUT2D eigenvalue weighted by Crippen LogP contribution is -2.59. The smallest absolute Gasteiger partial charge is 0.239 e. The maximum atomic E-state index is 12.5. The number of likely N-dealkylation sites (N-methyl/N-ethyl adjacent to an activating group) is 2. The summed E-state index contributed by atoms with van der Waals surface area (Å²) in [6.07, 6.45) is 4.16. The number of nitrogens with zero attached hydrogens (tertiary/aromatic N) is 2. The molecule has 1 aromatic rings. The number of hydrogen-bond acceptors (Lipinski definition) is 3. The van der Waals surface area contributed by atoms with Gasteiger partial charge in [0.1, 0.15) is 0 Å². The highest BCUT2D eigenvalue weighted by Crippen LogP contribution is 2.36. The highest BCUT2D eigenvalue weighted by atomic mass is 16.2. The van der Waals surface area contributed by atoms with Crippen LogP contribution in [0.15, 0.2) is 30.3 Å². The molecule has 0 heterocycles. The zero-order valence-electron chi connectivity index (χ0n) is 13.4. The Bertz CT molecular complexity index is 468. The normalized spacial score (nSPS) is 18.1. The Morgan fingerprint density at radius 1 is 1.24 bits per heavy atom. The molecule has 1 aromatic carbocycles. The van der Waals surface area contributed by atoms with Crippen LogP contribution in [0.2, 0.25) is 0 Å². The summed E-state index contributed by atoms with van der Waals surface area (Å²) < 4.78 is 0. The van der Waals surface area contributed by atoms with Crippen molar-refractivity contribution in [2.45, 2.75) is 37.3 Å². The highest BCUT2D eigenvalue weighted by molar-refractivity contribution is 5.81. The molecule has 0 bridgehead atoms. The van der Waals surface area contributed by atoms with E-state index in [0.717, 1.165) is 24.9 Å². The van der Waals surface area contributed by atoms with E-state index >= 15 is 0 Å². The Hall–Kier alpha value is -1.39. The molecule has 1 amide bonds. The minimum absolute atomic E-state index is 0.0342. The van der Waals surface area contributed by atoms with Crippen molar-refractivity contribution in [3.05, 3.63) is 35.9 Å². The molecule has 116 valence electrons. The first-order chi connectivity index (χ1) is 9.94. The number of benzene rings is 1. The first-order valence-corrected chi connectivity index (χ1v) is 7.66. The van der Waals surface area contributed by atoms with Crippen LogP contribution in [-0.2, 0) is 11.2 Å². The van der Waals surface area contributed by atoms with E-state index in [2.05, 4.69) is 19.0 Å². The van der Waals surface area contributed by atoms with Crippen molar-refractivity contribution >= 4 is 5.91 Å². The summed E-state index contributed by atoms with van der Waals surface area (Å²) in [4.78, 5) is 16.5. The molecule has 2 rings (SSSR count). The number of nitrogens with two attached hydrogens (primary N) is 1. The molecule has 0 radical (unpaired) electrons. The zero-order chi connectivity index (χ0) is 15.5. The largest absolute Gasteiger partial charge is 0.343 e. The van der Waals surface area contributed by atoms with Crippen LogP contribution >= 0.6 is 0 Å². The molecule has 21 heavy (non-hydrogen) atoms. The summed E-state index contributed by atoms with van der Waals surface area (Å²) in [6, 6.07) is 9.50. The van der Waals surface area contributed by atoms with Crippen molar-refractivity contribution in [3.8, 4) is 0 Å². The van der Waals surface area contributed by atoms with E-state index in [1.54, 1.807) is 0 Å². The zero-order valence-corrected chi connectivity index (χ0v) is 13.4. The Balaban J connectivity index is 1.92. The molecule has 1 aliphatic rings. The average molecular weight is 289 g/mol. The topological polar surface area (TPSA) is 49.6 Å². The lowest BCUT2D eigenvalue weighted by atomic mass is 9.75. The lowest BCUT2D eigenvalue weighted by molar-refractivity contribution is -0.134. The molecular weight excluding hydrogens is 262 g/mol. The quantitative estimate of drug-likeness (QED) is 0.863. The summed E-state index contributed by atoms with van der Waals surface area (Å²) in [5, 5.41) is 0. The standard InChI is InChI=1S/C17H27N3O/c1-19(2)17(10-7-11-17)13-20(3)16(21)15(18)12-14-8-5-4-6-9-14/h4-6,8-9,15H,7,10-13,18H2,1-3H3. The van der Waals surface area contributed by atoms with Crippen molar-refractivity contribution < 1.29 is 4.79 Å². The van der Waals surface area contributed by atoms with Gasteiger partial charge < -0.3 is 15.5 Å². The van der Waals surface area contributed by atoms with Crippen molar-refractivity contribution in [3.63, 3.8) is 0 Å². The van der Waals surface area contributed by atoms with Gasteiger partial charge in [-0.25, -0.2) is 0 Å². The summed E-state index contributed by atoms with van der Waals surface area (Å²) >= 11 is 0. The summed E-state index contributed by atoms with van der Waals surface area (Å²) in [5.41, 5.74) is 7.36. The molecule has 4 nitrogen and oxygen atoms in total. The lowest BCUT2D eigenvalue weighted by Gasteiger charge is -2.49. The van der Waals surface area contributed by atoms with Crippen molar-refractivity contribution in [2.75, 3.05) is 27.7 Å². The molecule has 0 saturated heterocycles. The summed E-state index contributed by atoms with van der Waals surface area (Å²) in [5.74, 6) is 0.0342. The molecular formula is C17H27N3O. The summed E-state index contributed by atoms with van der Waals surface area (Å²) in [6.45, 7) is 0.765. The van der Waals surface area contributed by atoms with E-state index in [-0.39, 0.29) is 11.4 Å². The van der Waals surface area contributed by atoms with E-state index in [9.17, 15) is 4.79 Å². The van der Waals surface area contributed by atoms with Gasteiger partial charge in [0.05, 0.1) is 6.04 Å². The van der Waals surface area contributed by atoms with E-state index in [1.165, 1.54) is 6.42 Å². The van der Waals surface area contributed by atoms with Gasteiger partial charge in [0.15, 0.2) is 0 Å². The Kier molecular flexibility index (Phi) is 5.01. The molecule has 0 spiro atoms.